The van der Waals surface area contributed by atoms with E-state index >= 15 is 0 Å². The third kappa shape index (κ3) is 3.57. The van der Waals surface area contributed by atoms with Gasteiger partial charge in [-0.15, -0.1) is 11.3 Å². The summed E-state index contributed by atoms with van der Waals surface area (Å²) >= 11 is 1.31. The van der Waals surface area contributed by atoms with E-state index in [4.69, 9.17) is 0 Å². The van der Waals surface area contributed by atoms with Crippen molar-refractivity contribution in [2.45, 2.75) is 45.1 Å². The Morgan fingerprint density at radius 1 is 1.22 bits per heavy atom. The number of nitrogens with one attached hydrogen (secondary N) is 2. The maximum absolute atomic E-state index is 12.0. The monoisotopic (exact) mass is 266 g/mol. The molecule has 1 aromatic heterocycles. The molecule has 0 bridgehead atoms. The van der Waals surface area contributed by atoms with E-state index in [1.165, 1.54) is 37.5 Å². The Balaban J connectivity index is 1.91. The fourth-order valence-electron chi connectivity index (χ4n) is 2.20. The summed E-state index contributed by atoms with van der Waals surface area (Å²) in [7, 11) is 0. The summed E-state index contributed by atoms with van der Waals surface area (Å²) in [5.74, 6) is -0.139. The van der Waals surface area contributed by atoms with Crippen LogP contribution >= 0.6 is 11.3 Å². The standard InChI is InChI=1S/C13H18N2O2S/c1-9(16)14-12-8-7-11(18-12)13(17)15-10-5-3-2-4-6-10/h7-8,10H,2-6H2,1H3,(H,14,16)(H,15,17). The van der Waals surface area contributed by atoms with Crippen molar-refractivity contribution in [1.29, 1.82) is 0 Å². The van der Waals surface area contributed by atoms with E-state index < -0.39 is 0 Å². The number of carbonyl (C=O) groups is 2. The van der Waals surface area contributed by atoms with Crippen LogP contribution in [0.15, 0.2) is 12.1 Å². The van der Waals surface area contributed by atoms with Crippen molar-refractivity contribution in [1.82, 2.24) is 5.32 Å². The van der Waals surface area contributed by atoms with Crippen LogP contribution in [0.1, 0.15) is 48.7 Å². The number of anilines is 1. The Morgan fingerprint density at radius 3 is 2.61 bits per heavy atom. The van der Waals surface area contributed by atoms with Crippen molar-refractivity contribution in [3.63, 3.8) is 0 Å². The van der Waals surface area contributed by atoms with Crippen LogP contribution in [0.4, 0.5) is 5.00 Å². The lowest BCUT2D eigenvalue weighted by molar-refractivity contribution is -0.114. The van der Waals surface area contributed by atoms with Crippen LogP contribution in [0.25, 0.3) is 0 Å². The van der Waals surface area contributed by atoms with Gasteiger partial charge in [0.2, 0.25) is 5.91 Å². The molecule has 0 aliphatic heterocycles. The average Bonchev–Trinajstić information content (AvgIpc) is 2.78. The molecule has 4 nitrogen and oxygen atoms in total. The van der Waals surface area contributed by atoms with Crippen LogP contribution in [0.2, 0.25) is 0 Å². The summed E-state index contributed by atoms with van der Waals surface area (Å²) in [5, 5.41) is 6.46. The second-order valence-corrected chi connectivity index (χ2v) is 5.74. The van der Waals surface area contributed by atoms with Gasteiger partial charge in [0.05, 0.1) is 9.88 Å². The smallest absolute Gasteiger partial charge is 0.261 e. The Labute approximate surface area is 111 Å². The minimum absolute atomic E-state index is 0.0245. The fraction of sp³-hybridized carbons (Fsp3) is 0.538. The lowest BCUT2D eigenvalue weighted by Gasteiger charge is -2.22. The highest BCUT2D eigenvalue weighted by molar-refractivity contribution is 7.18. The first kappa shape index (κ1) is 13.1. The minimum atomic E-state index is -0.115. The molecule has 0 radical (unpaired) electrons. The van der Waals surface area contributed by atoms with Crippen LogP contribution in [-0.4, -0.2) is 17.9 Å². The minimum Gasteiger partial charge on any atom is -0.349 e. The Bertz CT molecular complexity index is 436. The van der Waals surface area contributed by atoms with Crippen LogP contribution in [0, 0.1) is 0 Å². The summed E-state index contributed by atoms with van der Waals surface area (Å²) in [4.78, 5) is 23.6. The molecule has 1 aromatic rings. The van der Waals surface area contributed by atoms with E-state index in [9.17, 15) is 9.59 Å². The molecule has 1 aliphatic carbocycles. The highest BCUT2D eigenvalue weighted by Gasteiger charge is 2.17. The van der Waals surface area contributed by atoms with Gasteiger partial charge in [-0.1, -0.05) is 19.3 Å². The molecule has 2 amide bonds. The first-order chi connectivity index (χ1) is 8.65. The third-order valence-electron chi connectivity index (χ3n) is 3.07. The van der Waals surface area contributed by atoms with E-state index in [1.807, 2.05) is 0 Å². The molecule has 2 rings (SSSR count). The van der Waals surface area contributed by atoms with Crippen molar-refractivity contribution in [3.05, 3.63) is 17.0 Å². The van der Waals surface area contributed by atoms with Crippen molar-refractivity contribution in [2.24, 2.45) is 0 Å². The van der Waals surface area contributed by atoms with Gasteiger partial charge in [0, 0.05) is 13.0 Å². The van der Waals surface area contributed by atoms with Gasteiger partial charge in [-0.25, -0.2) is 0 Å². The average molecular weight is 266 g/mol. The lowest BCUT2D eigenvalue weighted by Crippen LogP contribution is -2.35. The second kappa shape index (κ2) is 6.00. The molecular formula is C13H18N2O2S. The second-order valence-electron chi connectivity index (χ2n) is 4.65. The van der Waals surface area contributed by atoms with Crippen LogP contribution < -0.4 is 10.6 Å². The van der Waals surface area contributed by atoms with Gasteiger partial charge in [0.15, 0.2) is 0 Å². The van der Waals surface area contributed by atoms with Crippen LogP contribution in [-0.2, 0) is 4.79 Å². The summed E-state index contributed by atoms with van der Waals surface area (Å²) in [6.45, 7) is 1.46. The van der Waals surface area contributed by atoms with Gasteiger partial charge >= 0.3 is 0 Å². The first-order valence-electron chi connectivity index (χ1n) is 6.33. The van der Waals surface area contributed by atoms with E-state index in [1.54, 1.807) is 12.1 Å². The molecule has 2 N–H and O–H groups in total. The predicted molar refractivity (Wildman–Crippen MR) is 73.0 cm³/mol. The maximum Gasteiger partial charge on any atom is 0.261 e. The number of hydrogen-bond acceptors (Lipinski definition) is 3. The molecule has 0 aromatic carbocycles. The summed E-state index contributed by atoms with van der Waals surface area (Å²) in [5.41, 5.74) is 0. The molecule has 1 aliphatic rings. The number of rotatable bonds is 3. The molecule has 1 fully saturated rings. The van der Waals surface area contributed by atoms with Crippen LogP contribution in [0.3, 0.4) is 0 Å². The molecule has 0 spiro atoms. The Kier molecular flexibility index (Phi) is 4.36. The van der Waals surface area contributed by atoms with E-state index in [0.717, 1.165) is 17.8 Å². The SMILES string of the molecule is CC(=O)Nc1ccc(C(=O)NC2CCCCC2)s1. The number of thiophene rings is 1. The quantitative estimate of drug-likeness (QED) is 0.883. The van der Waals surface area contributed by atoms with Crippen molar-refractivity contribution < 1.29 is 9.59 Å². The van der Waals surface area contributed by atoms with Gasteiger partial charge in [0.25, 0.3) is 5.91 Å². The number of amides is 2. The maximum atomic E-state index is 12.0. The van der Waals surface area contributed by atoms with Gasteiger partial charge < -0.3 is 10.6 Å². The van der Waals surface area contributed by atoms with Crippen molar-refractivity contribution in [3.8, 4) is 0 Å². The zero-order chi connectivity index (χ0) is 13.0. The van der Waals surface area contributed by atoms with Gasteiger partial charge in [-0.05, 0) is 25.0 Å². The van der Waals surface area contributed by atoms with Crippen LogP contribution in [0.5, 0.6) is 0 Å². The molecular weight excluding hydrogens is 248 g/mol. The predicted octanol–water partition coefficient (Wildman–Crippen LogP) is 2.77. The van der Waals surface area contributed by atoms with Crippen molar-refractivity contribution >= 4 is 28.2 Å². The van der Waals surface area contributed by atoms with E-state index in [-0.39, 0.29) is 11.8 Å². The molecule has 5 heteroatoms. The number of carbonyl (C=O) groups excluding carboxylic acids is 2. The van der Waals surface area contributed by atoms with E-state index in [2.05, 4.69) is 10.6 Å². The highest BCUT2D eigenvalue weighted by atomic mass is 32.1. The molecule has 1 saturated carbocycles. The van der Waals surface area contributed by atoms with Gasteiger partial charge in [-0.2, -0.15) is 0 Å². The normalized spacial score (nSPS) is 16.3. The first-order valence-corrected chi connectivity index (χ1v) is 7.15. The molecule has 0 atom stereocenters. The molecule has 1 heterocycles. The topological polar surface area (TPSA) is 58.2 Å². The third-order valence-corrected chi connectivity index (χ3v) is 4.07. The summed E-state index contributed by atoms with van der Waals surface area (Å²) in [6, 6.07) is 3.84. The molecule has 98 valence electrons. The molecule has 0 saturated heterocycles. The summed E-state index contributed by atoms with van der Waals surface area (Å²) < 4.78 is 0. The summed E-state index contributed by atoms with van der Waals surface area (Å²) in [6.07, 6.45) is 5.84. The fourth-order valence-corrected chi connectivity index (χ4v) is 3.06. The Hall–Kier alpha value is -1.36. The van der Waals surface area contributed by atoms with E-state index in [0.29, 0.717) is 10.9 Å². The van der Waals surface area contributed by atoms with Crippen molar-refractivity contribution in [2.75, 3.05) is 5.32 Å². The van der Waals surface area contributed by atoms with Gasteiger partial charge in [-0.3, -0.25) is 9.59 Å². The largest absolute Gasteiger partial charge is 0.349 e. The molecule has 0 unspecified atom stereocenters. The number of hydrogen-bond donors (Lipinski definition) is 2. The Morgan fingerprint density at radius 2 is 1.94 bits per heavy atom. The van der Waals surface area contributed by atoms with Gasteiger partial charge in [0.1, 0.15) is 0 Å². The highest BCUT2D eigenvalue weighted by Crippen LogP contribution is 2.23. The lowest BCUT2D eigenvalue weighted by atomic mass is 9.95. The zero-order valence-corrected chi connectivity index (χ0v) is 11.3. The zero-order valence-electron chi connectivity index (χ0n) is 10.5. The molecule has 18 heavy (non-hydrogen) atoms.